The molecular formula is C15H27NO3S. The molecule has 1 unspecified atom stereocenters. The van der Waals surface area contributed by atoms with Crippen LogP contribution in [0.15, 0.2) is 0 Å². The van der Waals surface area contributed by atoms with Crippen molar-refractivity contribution in [1.29, 1.82) is 0 Å². The van der Waals surface area contributed by atoms with Gasteiger partial charge in [-0.3, -0.25) is 9.59 Å². The molecule has 1 rings (SSSR count). The van der Waals surface area contributed by atoms with Gasteiger partial charge in [0.25, 0.3) is 0 Å². The molecule has 116 valence electrons. The van der Waals surface area contributed by atoms with Gasteiger partial charge in [-0.2, -0.15) is 0 Å². The smallest absolute Gasteiger partial charge is 0.306 e. The van der Waals surface area contributed by atoms with Crippen molar-refractivity contribution in [3.05, 3.63) is 0 Å². The number of hydrogen-bond donors (Lipinski definition) is 1. The topological polar surface area (TPSA) is 55.4 Å². The van der Waals surface area contributed by atoms with Crippen molar-refractivity contribution < 1.29 is 14.3 Å². The molecule has 1 aliphatic carbocycles. The van der Waals surface area contributed by atoms with Crippen molar-refractivity contribution >= 4 is 23.6 Å². The van der Waals surface area contributed by atoms with Crippen molar-refractivity contribution in [3.63, 3.8) is 0 Å². The highest BCUT2D eigenvalue weighted by Crippen LogP contribution is 2.51. The fourth-order valence-corrected chi connectivity index (χ4v) is 3.26. The summed E-state index contributed by atoms with van der Waals surface area (Å²) in [5.41, 5.74) is 0.0918. The summed E-state index contributed by atoms with van der Waals surface area (Å²) in [5.74, 6) is 0.839. The van der Waals surface area contributed by atoms with Gasteiger partial charge >= 0.3 is 5.97 Å². The zero-order valence-electron chi connectivity index (χ0n) is 12.9. The maximum absolute atomic E-state index is 11.9. The van der Waals surface area contributed by atoms with E-state index in [4.69, 9.17) is 4.74 Å². The van der Waals surface area contributed by atoms with Gasteiger partial charge in [-0.15, -0.1) is 11.8 Å². The van der Waals surface area contributed by atoms with Crippen LogP contribution in [-0.2, 0) is 14.3 Å². The van der Waals surface area contributed by atoms with E-state index in [1.807, 2.05) is 6.92 Å². The van der Waals surface area contributed by atoms with Crippen molar-refractivity contribution in [2.75, 3.05) is 19.4 Å². The Morgan fingerprint density at radius 3 is 2.60 bits per heavy atom. The molecule has 1 N–H and O–H groups in total. The van der Waals surface area contributed by atoms with Crippen LogP contribution in [0, 0.1) is 5.41 Å². The molecule has 0 saturated heterocycles. The lowest BCUT2D eigenvalue weighted by Crippen LogP contribution is -2.32. The molecule has 0 bridgehead atoms. The lowest BCUT2D eigenvalue weighted by Gasteiger charge is -2.17. The predicted molar refractivity (Wildman–Crippen MR) is 82.8 cm³/mol. The Bertz CT molecular complexity index is 329. The van der Waals surface area contributed by atoms with E-state index < -0.39 is 0 Å². The first kappa shape index (κ1) is 17.3. The summed E-state index contributed by atoms with van der Waals surface area (Å²) in [7, 11) is 1.43. The van der Waals surface area contributed by atoms with Crippen LogP contribution in [-0.4, -0.2) is 36.5 Å². The molecule has 5 heteroatoms. The van der Waals surface area contributed by atoms with Crippen molar-refractivity contribution in [1.82, 2.24) is 5.32 Å². The van der Waals surface area contributed by atoms with Crippen LogP contribution in [0.1, 0.15) is 52.4 Å². The van der Waals surface area contributed by atoms with E-state index >= 15 is 0 Å². The second kappa shape index (κ2) is 8.55. The molecule has 0 aromatic heterocycles. The quantitative estimate of drug-likeness (QED) is 0.498. The van der Waals surface area contributed by atoms with Crippen LogP contribution in [0.25, 0.3) is 0 Å². The number of nitrogens with one attached hydrogen (secondary N) is 1. The molecule has 1 aliphatic rings. The van der Waals surface area contributed by atoms with Gasteiger partial charge in [-0.05, 0) is 31.6 Å². The van der Waals surface area contributed by atoms with Crippen molar-refractivity contribution in [3.8, 4) is 0 Å². The van der Waals surface area contributed by atoms with E-state index in [0.29, 0.717) is 6.42 Å². The van der Waals surface area contributed by atoms with Crippen LogP contribution in [0.5, 0.6) is 0 Å². The summed E-state index contributed by atoms with van der Waals surface area (Å²) in [6.45, 7) is 4.86. The molecule has 20 heavy (non-hydrogen) atoms. The zero-order chi connectivity index (χ0) is 15.0. The summed E-state index contributed by atoms with van der Waals surface area (Å²) in [4.78, 5) is 23.2. The number of ether oxygens (including phenoxy) is 1. The Morgan fingerprint density at radius 1 is 1.35 bits per heavy atom. The first-order valence-electron chi connectivity index (χ1n) is 7.49. The van der Waals surface area contributed by atoms with E-state index in [9.17, 15) is 9.59 Å². The second-order valence-electron chi connectivity index (χ2n) is 5.70. The number of hydrogen-bond acceptors (Lipinski definition) is 4. The minimum Gasteiger partial charge on any atom is -0.469 e. The molecule has 0 aromatic rings. The molecule has 1 atom stereocenters. The zero-order valence-corrected chi connectivity index (χ0v) is 13.7. The van der Waals surface area contributed by atoms with E-state index in [1.54, 1.807) is 11.8 Å². The number of unbranched alkanes of at least 4 members (excludes halogenated alkanes) is 2. The Kier molecular flexibility index (Phi) is 7.41. The molecular weight excluding hydrogens is 274 g/mol. The normalized spacial score (nSPS) is 17.4. The fourth-order valence-electron chi connectivity index (χ4n) is 2.04. The number of amides is 1. The number of methoxy groups -OCH3 is 1. The van der Waals surface area contributed by atoms with E-state index in [0.717, 1.165) is 44.4 Å². The monoisotopic (exact) mass is 301 g/mol. The highest BCUT2D eigenvalue weighted by atomic mass is 32.2. The van der Waals surface area contributed by atoms with Gasteiger partial charge in [0.05, 0.1) is 18.8 Å². The molecule has 0 spiro atoms. The van der Waals surface area contributed by atoms with Crippen molar-refractivity contribution in [2.24, 2.45) is 5.41 Å². The second-order valence-corrected chi connectivity index (χ2v) is 7.03. The summed E-state index contributed by atoms with van der Waals surface area (Å²) >= 11 is 1.65. The van der Waals surface area contributed by atoms with E-state index in [1.165, 1.54) is 7.11 Å². The van der Waals surface area contributed by atoms with Gasteiger partial charge in [0.1, 0.15) is 0 Å². The Morgan fingerprint density at radius 2 is 2.05 bits per heavy atom. The van der Waals surface area contributed by atoms with Gasteiger partial charge < -0.3 is 10.1 Å². The molecule has 0 aromatic carbocycles. The highest BCUT2D eigenvalue weighted by Gasteiger charge is 2.44. The number of carbonyl (C=O) groups excluding carboxylic acids is 2. The van der Waals surface area contributed by atoms with Crippen LogP contribution in [0.2, 0.25) is 0 Å². The van der Waals surface area contributed by atoms with Crippen LogP contribution in [0.4, 0.5) is 0 Å². The minimum atomic E-state index is -0.139. The van der Waals surface area contributed by atoms with Gasteiger partial charge in [-0.25, -0.2) is 0 Å². The Balaban J connectivity index is 2.20. The average molecular weight is 301 g/mol. The summed E-state index contributed by atoms with van der Waals surface area (Å²) in [5, 5.41) is 2.93. The predicted octanol–water partition coefficient (Wildman–Crippen LogP) is 2.76. The van der Waals surface area contributed by atoms with E-state index in [2.05, 4.69) is 12.2 Å². The Labute approximate surface area is 126 Å². The number of esters is 1. The van der Waals surface area contributed by atoms with Gasteiger partial charge in [0, 0.05) is 12.3 Å². The van der Waals surface area contributed by atoms with Gasteiger partial charge in [-0.1, -0.05) is 19.8 Å². The fraction of sp³-hybridized carbons (Fsp3) is 0.867. The lowest BCUT2D eigenvalue weighted by atomic mass is 10.1. The minimum absolute atomic E-state index is 0.0493. The highest BCUT2D eigenvalue weighted by molar-refractivity contribution is 8.00. The third-order valence-corrected chi connectivity index (χ3v) is 5.29. The largest absolute Gasteiger partial charge is 0.469 e. The van der Waals surface area contributed by atoms with Crippen LogP contribution in [0.3, 0.4) is 0 Å². The van der Waals surface area contributed by atoms with Crippen molar-refractivity contribution in [2.45, 2.75) is 57.6 Å². The molecule has 1 amide bonds. The van der Waals surface area contributed by atoms with Crippen LogP contribution < -0.4 is 5.32 Å². The number of thioether (sulfide) groups is 1. The maximum atomic E-state index is 11.9. The molecule has 0 heterocycles. The first-order chi connectivity index (χ1) is 9.53. The third kappa shape index (κ3) is 6.16. The lowest BCUT2D eigenvalue weighted by molar-refractivity contribution is -0.141. The summed E-state index contributed by atoms with van der Waals surface area (Å²) < 4.78 is 4.73. The first-order valence-corrected chi connectivity index (χ1v) is 8.54. The number of carbonyl (C=O) groups is 2. The average Bonchev–Trinajstić information content (AvgIpc) is 3.20. The van der Waals surface area contributed by atoms with E-state index in [-0.39, 0.29) is 22.5 Å². The third-order valence-electron chi connectivity index (χ3n) is 3.79. The molecule has 1 fully saturated rings. The van der Waals surface area contributed by atoms with Gasteiger partial charge in [0.15, 0.2) is 0 Å². The number of rotatable bonds is 10. The maximum Gasteiger partial charge on any atom is 0.306 e. The standard InChI is InChI=1S/C15H27NO3S/c1-4-5-6-9-16-14(18)12(2)20-11-15(7-8-15)10-13(17)19-3/h12H,4-11H2,1-3H3,(H,16,18). The Hall–Kier alpha value is -0.710. The molecule has 4 nitrogen and oxygen atoms in total. The van der Waals surface area contributed by atoms with Crippen LogP contribution >= 0.6 is 11.8 Å². The summed E-state index contributed by atoms with van der Waals surface area (Å²) in [6, 6.07) is 0. The SMILES string of the molecule is CCCCCNC(=O)C(C)SCC1(CC(=O)OC)CC1. The molecule has 0 aliphatic heterocycles. The molecule has 1 saturated carbocycles. The van der Waals surface area contributed by atoms with Gasteiger partial charge in [0.2, 0.25) is 5.91 Å². The summed E-state index contributed by atoms with van der Waals surface area (Å²) in [6.07, 6.45) is 5.99. The molecule has 0 radical (unpaired) electrons.